The minimum absolute atomic E-state index is 0.0920. The maximum absolute atomic E-state index is 13.1. The quantitative estimate of drug-likeness (QED) is 0.335. The number of aryl methyl sites for hydroxylation is 2. The lowest BCUT2D eigenvalue weighted by atomic mass is 10.0. The van der Waals surface area contributed by atoms with Crippen molar-refractivity contribution < 1.29 is 14.7 Å². The Morgan fingerprint density at radius 1 is 0.909 bits per heavy atom. The zero-order valence-corrected chi connectivity index (χ0v) is 18.2. The summed E-state index contributed by atoms with van der Waals surface area (Å²) in [6, 6.07) is 21.0. The van der Waals surface area contributed by atoms with Gasteiger partial charge in [0.1, 0.15) is 5.69 Å². The second-order valence-electron chi connectivity index (χ2n) is 7.73. The standard InChI is InChI=1S/C26H22N4O3/c1-15-7-12-20-18(13-15)14-21(26(33)28-22-6-4-3-5-16(22)2)24(31)23(20)30-29-19-10-8-17(9-11-19)25(27)32/h3-14,31H,1-2H3,(H2,27,32)(H,28,33). The SMILES string of the molecule is Cc1ccc2c(N=Nc3ccc(C(N)=O)cc3)c(O)c(C(=O)Nc3ccccc3C)cc2c1. The van der Waals surface area contributed by atoms with Crippen molar-refractivity contribution in [3.63, 3.8) is 0 Å². The number of nitrogens with one attached hydrogen (secondary N) is 1. The summed E-state index contributed by atoms with van der Waals surface area (Å²) < 4.78 is 0. The predicted octanol–water partition coefficient (Wildman–Crippen LogP) is 5.93. The highest BCUT2D eigenvalue weighted by atomic mass is 16.3. The molecule has 0 radical (unpaired) electrons. The van der Waals surface area contributed by atoms with Crippen LogP contribution in [0.3, 0.4) is 0 Å². The van der Waals surface area contributed by atoms with Crippen molar-refractivity contribution in [2.45, 2.75) is 13.8 Å². The predicted molar refractivity (Wildman–Crippen MR) is 129 cm³/mol. The monoisotopic (exact) mass is 438 g/mol. The fraction of sp³-hybridized carbons (Fsp3) is 0.0769. The van der Waals surface area contributed by atoms with Crippen LogP contribution in [0.1, 0.15) is 31.8 Å². The van der Waals surface area contributed by atoms with Crippen LogP contribution in [0.15, 0.2) is 83.0 Å². The number of phenolic OH excluding ortho intramolecular Hbond substituents is 1. The number of rotatable bonds is 5. The molecule has 0 aliphatic heterocycles. The van der Waals surface area contributed by atoms with E-state index in [1.807, 2.05) is 50.2 Å². The summed E-state index contributed by atoms with van der Waals surface area (Å²) in [5.74, 6) is -1.26. The average molecular weight is 438 g/mol. The maximum Gasteiger partial charge on any atom is 0.259 e. The Bertz CT molecular complexity index is 1410. The first-order valence-corrected chi connectivity index (χ1v) is 10.3. The summed E-state index contributed by atoms with van der Waals surface area (Å²) in [4.78, 5) is 24.3. The summed E-state index contributed by atoms with van der Waals surface area (Å²) in [5, 5.41) is 23.7. The molecular formula is C26H22N4O3. The van der Waals surface area contributed by atoms with Crippen molar-refractivity contribution in [1.29, 1.82) is 0 Å². The van der Waals surface area contributed by atoms with E-state index in [1.54, 1.807) is 36.4 Å². The number of carbonyl (C=O) groups excluding carboxylic acids is 2. The third kappa shape index (κ3) is 4.57. The molecule has 164 valence electrons. The Kier molecular flexibility index (Phi) is 5.87. The van der Waals surface area contributed by atoms with E-state index < -0.39 is 11.8 Å². The number of hydrogen-bond acceptors (Lipinski definition) is 5. The number of amides is 2. The number of hydrogen-bond donors (Lipinski definition) is 3. The van der Waals surface area contributed by atoms with Crippen molar-refractivity contribution in [2.75, 3.05) is 5.32 Å². The zero-order valence-electron chi connectivity index (χ0n) is 18.2. The smallest absolute Gasteiger partial charge is 0.259 e. The highest BCUT2D eigenvalue weighted by molar-refractivity contribution is 6.12. The molecule has 0 bridgehead atoms. The van der Waals surface area contributed by atoms with Crippen LogP contribution in [0.4, 0.5) is 17.1 Å². The second-order valence-corrected chi connectivity index (χ2v) is 7.73. The zero-order chi connectivity index (χ0) is 23.5. The maximum atomic E-state index is 13.1. The molecule has 33 heavy (non-hydrogen) atoms. The van der Waals surface area contributed by atoms with Gasteiger partial charge >= 0.3 is 0 Å². The molecule has 0 aliphatic carbocycles. The summed E-state index contributed by atoms with van der Waals surface area (Å²) in [6.07, 6.45) is 0. The number of anilines is 1. The molecule has 7 heteroatoms. The van der Waals surface area contributed by atoms with E-state index in [2.05, 4.69) is 15.5 Å². The minimum Gasteiger partial charge on any atom is -0.505 e. The van der Waals surface area contributed by atoms with Crippen LogP contribution in [0, 0.1) is 13.8 Å². The normalized spacial score (nSPS) is 11.1. The first-order valence-electron chi connectivity index (χ1n) is 10.3. The number of phenols is 1. The van der Waals surface area contributed by atoms with Crippen LogP contribution in [0.5, 0.6) is 5.75 Å². The number of nitrogens with two attached hydrogens (primary N) is 1. The van der Waals surface area contributed by atoms with Gasteiger partial charge in [0.25, 0.3) is 5.91 Å². The van der Waals surface area contributed by atoms with Crippen LogP contribution < -0.4 is 11.1 Å². The number of aromatic hydroxyl groups is 1. The van der Waals surface area contributed by atoms with Crippen molar-refractivity contribution in [3.8, 4) is 5.75 Å². The van der Waals surface area contributed by atoms with Crippen molar-refractivity contribution >= 4 is 39.6 Å². The van der Waals surface area contributed by atoms with Gasteiger partial charge in [-0.3, -0.25) is 9.59 Å². The van der Waals surface area contributed by atoms with Crippen LogP contribution in [-0.4, -0.2) is 16.9 Å². The lowest BCUT2D eigenvalue weighted by Crippen LogP contribution is -2.13. The Labute approximate surface area is 190 Å². The lowest BCUT2D eigenvalue weighted by Gasteiger charge is -2.12. The van der Waals surface area contributed by atoms with Crippen molar-refractivity contribution in [1.82, 2.24) is 0 Å². The van der Waals surface area contributed by atoms with Crippen molar-refractivity contribution in [2.24, 2.45) is 16.0 Å². The number of carbonyl (C=O) groups is 2. The summed E-state index contributed by atoms with van der Waals surface area (Å²) in [6.45, 7) is 3.84. The van der Waals surface area contributed by atoms with Gasteiger partial charge in [0.15, 0.2) is 5.75 Å². The molecule has 2 amide bonds. The molecular weight excluding hydrogens is 416 g/mol. The van der Waals surface area contributed by atoms with Gasteiger partial charge in [0.05, 0.1) is 11.3 Å². The molecule has 4 N–H and O–H groups in total. The third-order valence-corrected chi connectivity index (χ3v) is 5.30. The molecule has 0 saturated heterocycles. The van der Waals surface area contributed by atoms with Gasteiger partial charge in [-0.25, -0.2) is 0 Å². The summed E-state index contributed by atoms with van der Waals surface area (Å²) >= 11 is 0. The van der Waals surface area contributed by atoms with Gasteiger partial charge in [-0.2, -0.15) is 5.11 Å². The first-order chi connectivity index (χ1) is 15.8. The van der Waals surface area contributed by atoms with Gasteiger partial charge in [-0.1, -0.05) is 42.0 Å². The van der Waals surface area contributed by atoms with E-state index in [9.17, 15) is 14.7 Å². The Morgan fingerprint density at radius 2 is 1.64 bits per heavy atom. The molecule has 7 nitrogen and oxygen atoms in total. The summed E-state index contributed by atoms with van der Waals surface area (Å²) in [5.41, 5.74) is 8.93. The number of primary amides is 1. The highest BCUT2D eigenvalue weighted by Crippen LogP contribution is 2.40. The fourth-order valence-corrected chi connectivity index (χ4v) is 3.47. The molecule has 4 aromatic carbocycles. The van der Waals surface area contributed by atoms with Crippen LogP contribution >= 0.6 is 0 Å². The summed E-state index contributed by atoms with van der Waals surface area (Å²) in [7, 11) is 0. The van der Waals surface area contributed by atoms with E-state index in [-0.39, 0.29) is 17.0 Å². The van der Waals surface area contributed by atoms with Crippen molar-refractivity contribution in [3.05, 3.63) is 95.1 Å². The number of para-hydroxylation sites is 1. The Morgan fingerprint density at radius 3 is 2.33 bits per heavy atom. The van der Waals surface area contributed by atoms with Gasteiger partial charge in [-0.05, 0) is 61.2 Å². The van der Waals surface area contributed by atoms with Gasteiger partial charge < -0.3 is 16.2 Å². The molecule has 0 aliphatic rings. The van der Waals surface area contributed by atoms with Crippen LogP contribution in [0.25, 0.3) is 10.8 Å². The molecule has 4 aromatic rings. The van der Waals surface area contributed by atoms with Gasteiger partial charge in [-0.15, -0.1) is 5.11 Å². The number of nitrogens with zero attached hydrogens (tertiary/aromatic N) is 2. The molecule has 0 fully saturated rings. The number of fused-ring (bicyclic) bond motifs is 1. The van der Waals surface area contributed by atoms with Crippen LogP contribution in [-0.2, 0) is 0 Å². The largest absolute Gasteiger partial charge is 0.505 e. The fourth-order valence-electron chi connectivity index (χ4n) is 3.47. The second kappa shape index (κ2) is 8.92. The molecule has 0 saturated carbocycles. The van der Waals surface area contributed by atoms with E-state index in [4.69, 9.17) is 5.73 Å². The lowest BCUT2D eigenvalue weighted by molar-refractivity contribution is 0.0997. The van der Waals surface area contributed by atoms with Gasteiger partial charge in [0, 0.05) is 16.6 Å². The highest BCUT2D eigenvalue weighted by Gasteiger charge is 2.19. The molecule has 0 spiro atoms. The van der Waals surface area contributed by atoms with E-state index in [0.29, 0.717) is 22.3 Å². The Balaban J connectivity index is 1.78. The Hall–Kier alpha value is -4.52. The molecule has 0 atom stereocenters. The number of benzene rings is 4. The molecule has 0 unspecified atom stereocenters. The topological polar surface area (TPSA) is 117 Å². The number of azo groups is 1. The van der Waals surface area contributed by atoms with E-state index in [1.165, 1.54) is 0 Å². The average Bonchev–Trinajstić information content (AvgIpc) is 2.80. The minimum atomic E-state index is -0.537. The first kappa shape index (κ1) is 21.7. The van der Waals surface area contributed by atoms with Gasteiger partial charge in [0.2, 0.25) is 5.91 Å². The van der Waals surface area contributed by atoms with E-state index in [0.717, 1.165) is 16.5 Å². The van der Waals surface area contributed by atoms with E-state index >= 15 is 0 Å². The molecule has 0 aromatic heterocycles. The molecule has 4 rings (SSSR count). The third-order valence-electron chi connectivity index (χ3n) is 5.30. The van der Waals surface area contributed by atoms with Crippen LogP contribution in [0.2, 0.25) is 0 Å². The molecule has 0 heterocycles.